The fourth-order valence-corrected chi connectivity index (χ4v) is 2.20. The van der Waals surface area contributed by atoms with Gasteiger partial charge >= 0.3 is 0 Å². The van der Waals surface area contributed by atoms with Crippen molar-refractivity contribution in [2.24, 2.45) is 0 Å². The summed E-state index contributed by atoms with van der Waals surface area (Å²) in [7, 11) is 0. The highest BCUT2D eigenvalue weighted by molar-refractivity contribution is 5.79. The van der Waals surface area contributed by atoms with Crippen molar-refractivity contribution in [2.45, 2.75) is 13.0 Å². The number of benzene rings is 2. The molecule has 1 heterocycles. The minimum absolute atomic E-state index is 0.224. The highest BCUT2D eigenvalue weighted by Crippen LogP contribution is 2.21. The van der Waals surface area contributed by atoms with Crippen LogP contribution in [0.15, 0.2) is 60.8 Å². The van der Waals surface area contributed by atoms with Gasteiger partial charge in [0.15, 0.2) is 0 Å². The number of hydrogen-bond acceptors (Lipinski definition) is 3. The van der Waals surface area contributed by atoms with E-state index >= 15 is 0 Å². The first-order chi connectivity index (χ1) is 10.2. The molecule has 3 rings (SSSR count). The van der Waals surface area contributed by atoms with Gasteiger partial charge in [-0.15, -0.1) is 0 Å². The lowest BCUT2D eigenvalue weighted by atomic mass is 10.1. The molecule has 3 nitrogen and oxygen atoms in total. The van der Waals surface area contributed by atoms with Crippen LogP contribution in [0.3, 0.4) is 0 Å². The molecule has 0 fully saturated rings. The molecule has 3 heteroatoms. The second kappa shape index (κ2) is 5.94. The van der Waals surface area contributed by atoms with Crippen LogP contribution in [0.2, 0.25) is 0 Å². The van der Waals surface area contributed by atoms with Gasteiger partial charge in [0.2, 0.25) is 0 Å². The molecule has 1 aromatic heterocycles. The van der Waals surface area contributed by atoms with Crippen LogP contribution in [0.4, 0.5) is 0 Å². The van der Waals surface area contributed by atoms with Crippen LogP contribution in [0.5, 0.6) is 5.75 Å². The molecule has 0 aliphatic heterocycles. The zero-order valence-corrected chi connectivity index (χ0v) is 11.9. The molecule has 0 amide bonds. The third kappa shape index (κ3) is 3.20. The van der Waals surface area contributed by atoms with Crippen molar-refractivity contribution in [3.8, 4) is 5.75 Å². The average molecular weight is 279 g/mol. The number of nitrogens with zero attached hydrogens (tertiary/aromatic N) is 1. The number of aliphatic hydroxyl groups excluding tert-OH is 1. The fraction of sp³-hybridized carbons (Fsp3) is 0.167. The van der Waals surface area contributed by atoms with Crippen LogP contribution in [0.1, 0.15) is 17.2 Å². The van der Waals surface area contributed by atoms with E-state index in [4.69, 9.17) is 4.74 Å². The standard InChI is InChI=1S/C18H17NO2/c1-13-4-6-15(7-5-13)18(20)12-21-16-9-8-14-3-2-10-19-17(14)11-16/h2-11,18,20H,12H2,1H3. The molecule has 0 bridgehead atoms. The predicted molar refractivity (Wildman–Crippen MR) is 83.4 cm³/mol. The summed E-state index contributed by atoms with van der Waals surface area (Å²) in [6.07, 6.45) is 1.12. The van der Waals surface area contributed by atoms with Gasteiger partial charge in [0.05, 0.1) is 5.52 Å². The Hall–Kier alpha value is -2.39. The van der Waals surface area contributed by atoms with Crippen molar-refractivity contribution in [3.63, 3.8) is 0 Å². The Kier molecular flexibility index (Phi) is 3.84. The summed E-state index contributed by atoms with van der Waals surface area (Å²) in [5.41, 5.74) is 2.92. The topological polar surface area (TPSA) is 42.4 Å². The maximum Gasteiger partial charge on any atom is 0.121 e. The van der Waals surface area contributed by atoms with Crippen molar-refractivity contribution in [1.29, 1.82) is 0 Å². The lowest BCUT2D eigenvalue weighted by molar-refractivity contribution is 0.108. The molecule has 106 valence electrons. The first kappa shape index (κ1) is 13.6. The van der Waals surface area contributed by atoms with Gasteiger partial charge in [-0.3, -0.25) is 4.98 Å². The van der Waals surface area contributed by atoms with Gasteiger partial charge < -0.3 is 9.84 Å². The lowest BCUT2D eigenvalue weighted by Crippen LogP contribution is -2.09. The number of aromatic nitrogens is 1. The Morgan fingerprint density at radius 1 is 1.10 bits per heavy atom. The normalized spacial score (nSPS) is 12.3. The molecule has 0 radical (unpaired) electrons. The SMILES string of the molecule is Cc1ccc(C(O)COc2ccc3cccnc3c2)cc1. The lowest BCUT2D eigenvalue weighted by Gasteiger charge is -2.13. The first-order valence-electron chi connectivity index (χ1n) is 6.94. The highest BCUT2D eigenvalue weighted by Gasteiger charge is 2.08. The van der Waals surface area contributed by atoms with Crippen LogP contribution in [-0.2, 0) is 0 Å². The van der Waals surface area contributed by atoms with Gasteiger partial charge in [-0.2, -0.15) is 0 Å². The molecule has 1 atom stereocenters. The second-order valence-electron chi connectivity index (χ2n) is 5.10. The number of pyridine rings is 1. The number of hydrogen-bond donors (Lipinski definition) is 1. The zero-order valence-electron chi connectivity index (χ0n) is 11.9. The molecular weight excluding hydrogens is 262 g/mol. The first-order valence-corrected chi connectivity index (χ1v) is 6.94. The molecule has 0 spiro atoms. The van der Waals surface area contributed by atoms with E-state index < -0.39 is 6.10 Å². The van der Waals surface area contributed by atoms with Gasteiger partial charge in [-0.25, -0.2) is 0 Å². The van der Waals surface area contributed by atoms with Crippen LogP contribution in [-0.4, -0.2) is 16.7 Å². The van der Waals surface area contributed by atoms with Crippen molar-refractivity contribution in [3.05, 3.63) is 71.9 Å². The molecule has 0 saturated heterocycles. The van der Waals surface area contributed by atoms with E-state index in [1.807, 2.05) is 61.5 Å². The summed E-state index contributed by atoms with van der Waals surface area (Å²) in [5.74, 6) is 0.715. The Bertz CT molecular complexity index is 738. The molecule has 1 N–H and O–H groups in total. The molecule has 21 heavy (non-hydrogen) atoms. The van der Waals surface area contributed by atoms with Gasteiger partial charge in [0, 0.05) is 17.6 Å². The average Bonchev–Trinajstić information content (AvgIpc) is 2.53. The molecule has 0 saturated carbocycles. The monoisotopic (exact) mass is 279 g/mol. The third-order valence-electron chi connectivity index (χ3n) is 3.45. The Morgan fingerprint density at radius 3 is 2.71 bits per heavy atom. The summed E-state index contributed by atoms with van der Waals surface area (Å²) < 4.78 is 5.67. The van der Waals surface area contributed by atoms with Crippen molar-refractivity contribution < 1.29 is 9.84 Å². The Morgan fingerprint density at radius 2 is 1.90 bits per heavy atom. The summed E-state index contributed by atoms with van der Waals surface area (Å²) in [5, 5.41) is 11.2. The maximum absolute atomic E-state index is 10.1. The summed E-state index contributed by atoms with van der Waals surface area (Å²) in [6.45, 7) is 2.25. The number of rotatable bonds is 4. The van der Waals surface area contributed by atoms with Crippen molar-refractivity contribution >= 4 is 10.9 Å². The molecule has 2 aromatic carbocycles. The Labute approximate surface area is 123 Å². The van der Waals surface area contributed by atoms with Crippen LogP contribution >= 0.6 is 0 Å². The van der Waals surface area contributed by atoms with Gasteiger partial charge in [-0.1, -0.05) is 35.9 Å². The summed E-state index contributed by atoms with van der Waals surface area (Å²) >= 11 is 0. The molecule has 1 unspecified atom stereocenters. The summed E-state index contributed by atoms with van der Waals surface area (Å²) in [6, 6.07) is 17.5. The Balaban J connectivity index is 1.69. The van der Waals surface area contributed by atoms with Gasteiger partial charge in [0.25, 0.3) is 0 Å². The van der Waals surface area contributed by atoms with Crippen molar-refractivity contribution in [1.82, 2.24) is 4.98 Å². The van der Waals surface area contributed by atoms with Gasteiger partial charge in [0.1, 0.15) is 18.5 Å². The largest absolute Gasteiger partial charge is 0.490 e. The number of fused-ring (bicyclic) bond motifs is 1. The van der Waals surface area contributed by atoms with Crippen LogP contribution < -0.4 is 4.74 Å². The smallest absolute Gasteiger partial charge is 0.121 e. The maximum atomic E-state index is 10.1. The van der Waals surface area contributed by atoms with E-state index in [-0.39, 0.29) is 6.61 Å². The second-order valence-corrected chi connectivity index (χ2v) is 5.10. The highest BCUT2D eigenvalue weighted by atomic mass is 16.5. The van der Waals surface area contributed by atoms with Crippen LogP contribution in [0.25, 0.3) is 10.9 Å². The summed E-state index contributed by atoms with van der Waals surface area (Å²) in [4.78, 5) is 4.29. The molecule has 0 aliphatic rings. The van der Waals surface area contributed by atoms with Crippen LogP contribution in [0, 0.1) is 6.92 Å². The third-order valence-corrected chi connectivity index (χ3v) is 3.45. The van der Waals surface area contributed by atoms with E-state index in [2.05, 4.69) is 4.98 Å². The molecule has 3 aromatic rings. The van der Waals surface area contributed by atoms with E-state index in [1.165, 1.54) is 5.56 Å². The number of aryl methyl sites for hydroxylation is 1. The van der Waals surface area contributed by atoms with Crippen molar-refractivity contribution in [2.75, 3.05) is 6.61 Å². The molecule has 0 aliphatic carbocycles. The van der Waals surface area contributed by atoms with E-state index in [9.17, 15) is 5.11 Å². The predicted octanol–water partition coefficient (Wildman–Crippen LogP) is 3.66. The van der Waals surface area contributed by atoms with E-state index in [0.29, 0.717) is 5.75 Å². The quantitative estimate of drug-likeness (QED) is 0.792. The minimum Gasteiger partial charge on any atom is -0.490 e. The minimum atomic E-state index is -0.634. The zero-order chi connectivity index (χ0) is 14.7. The number of ether oxygens (including phenoxy) is 1. The fourth-order valence-electron chi connectivity index (χ4n) is 2.20. The number of aliphatic hydroxyl groups is 1. The van der Waals surface area contributed by atoms with E-state index in [1.54, 1.807) is 6.20 Å². The van der Waals surface area contributed by atoms with E-state index in [0.717, 1.165) is 16.5 Å². The molecular formula is C18H17NO2. The van der Waals surface area contributed by atoms with Gasteiger partial charge in [-0.05, 0) is 30.7 Å².